The van der Waals surface area contributed by atoms with Crippen LogP contribution in [0.5, 0.6) is 11.6 Å². The second kappa shape index (κ2) is 12.8. The molecule has 1 heterocycles. The zero-order valence-electron chi connectivity index (χ0n) is 21.4. The first-order chi connectivity index (χ1) is 16.8. The van der Waals surface area contributed by atoms with Gasteiger partial charge in [0.2, 0.25) is 5.88 Å². The van der Waals surface area contributed by atoms with E-state index in [1.54, 1.807) is 16.8 Å². The number of nitrogens with zero attached hydrogens (tertiary/aromatic N) is 3. The van der Waals surface area contributed by atoms with Gasteiger partial charge in [0.15, 0.2) is 0 Å². The van der Waals surface area contributed by atoms with E-state index < -0.39 is 6.10 Å². The number of aliphatic hydroxyl groups excluding tert-OH is 1. The molecule has 7 heteroatoms. The molecule has 3 rings (SSSR count). The average Bonchev–Trinajstić information content (AvgIpc) is 3.14. The Morgan fingerprint density at radius 2 is 1.71 bits per heavy atom. The Kier molecular flexibility index (Phi) is 9.83. The van der Waals surface area contributed by atoms with E-state index >= 15 is 0 Å². The third-order valence-corrected chi connectivity index (χ3v) is 5.95. The number of ether oxygens (including phenoxy) is 2. The molecule has 0 aliphatic carbocycles. The summed E-state index contributed by atoms with van der Waals surface area (Å²) in [6, 6.07) is 16.0. The smallest absolute Gasteiger partial charge is 0.227 e. The highest BCUT2D eigenvalue weighted by Crippen LogP contribution is 2.32. The minimum Gasteiger partial charge on any atom is -0.439 e. The molecule has 0 saturated heterocycles. The van der Waals surface area contributed by atoms with Crippen molar-refractivity contribution in [2.24, 2.45) is 5.92 Å². The predicted octanol–water partition coefficient (Wildman–Crippen LogP) is 5.75. The summed E-state index contributed by atoms with van der Waals surface area (Å²) in [6.45, 7) is 12.4. The number of benzene rings is 2. The zero-order valence-corrected chi connectivity index (χ0v) is 21.4. The van der Waals surface area contributed by atoms with Gasteiger partial charge in [-0.25, -0.2) is 9.07 Å². The molecule has 0 bridgehead atoms. The number of para-hydroxylation sites is 1. The molecule has 0 unspecified atom stereocenters. The van der Waals surface area contributed by atoms with Crippen molar-refractivity contribution in [1.82, 2.24) is 14.7 Å². The molecule has 6 nitrogen and oxygen atoms in total. The molecule has 190 valence electrons. The lowest BCUT2D eigenvalue weighted by Crippen LogP contribution is -2.40. The van der Waals surface area contributed by atoms with Crippen LogP contribution in [-0.4, -0.2) is 51.7 Å². The maximum atomic E-state index is 13.5. The zero-order chi connectivity index (χ0) is 25.4. The molecule has 0 fully saturated rings. The van der Waals surface area contributed by atoms with E-state index in [2.05, 4.69) is 32.6 Å². The van der Waals surface area contributed by atoms with Gasteiger partial charge in [0.25, 0.3) is 0 Å². The lowest BCUT2D eigenvalue weighted by Gasteiger charge is -2.30. The highest BCUT2D eigenvalue weighted by Gasteiger charge is 2.24. The van der Waals surface area contributed by atoms with Crippen molar-refractivity contribution in [2.75, 3.05) is 19.8 Å². The Labute approximate surface area is 208 Å². The second-order valence-corrected chi connectivity index (χ2v) is 9.44. The fraction of sp³-hybridized carbons (Fsp3) is 0.464. The summed E-state index contributed by atoms with van der Waals surface area (Å²) >= 11 is 0. The van der Waals surface area contributed by atoms with Crippen LogP contribution in [0.25, 0.3) is 5.69 Å². The summed E-state index contributed by atoms with van der Waals surface area (Å²) in [6.07, 6.45) is 0.327. The van der Waals surface area contributed by atoms with Crippen molar-refractivity contribution in [3.63, 3.8) is 0 Å². The summed E-state index contributed by atoms with van der Waals surface area (Å²) < 4.78 is 27.2. The van der Waals surface area contributed by atoms with Crippen LogP contribution in [0.2, 0.25) is 0 Å². The summed E-state index contributed by atoms with van der Waals surface area (Å²) in [5, 5.41) is 15.5. The minimum absolute atomic E-state index is 0.230. The standard InChI is InChI=1S/C28H38FN3O3/c1-6-21(4)31(16-25(33)19-34-18-20(2)3)17-27-22(5)30-32(24-10-8-7-9-11-24)28(27)35-26-14-12-23(29)13-15-26/h7-15,20-21,25,33H,6,16-19H2,1-5H3/t21-,25-/m0/s1. The molecule has 2 atom stereocenters. The van der Waals surface area contributed by atoms with E-state index in [0.717, 1.165) is 23.4 Å². The third kappa shape index (κ3) is 7.62. The predicted molar refractivity (Wildman–Crippen MR) is 137 cm³/mol. The number of rotatable bonds is 13. The molecule has 1 N–H and O–H groups in total. The van der Waals surface area contributed by atoms with E-state index in [1.165, 1.54) is 12.1 Å². The van der Waals surface area contributed by atoms with E-state index in [-0.39, 0.29) is 11.9 Å². The van der Waals surface area contributed by atoms with Gasteiger partial charge in [-0.3, -0.25) is 4.90 Å². The Bertz CT molecular complexity index is 1040. The topological polar surface area (TPSA) is 59.8 Å². The fourth-order valence-electron chi connectivity index (χ4n) is 3.81. The monoisotopic (exact) mass is 483 g/mol. The SMILES string of the molecule is CC[C@H](C)N(Cc1c(C)nn(-c2ccccc2)c1Oc1ccc(F)cc1)C[C@H](O)COCC(C)C. The van der Waals surface area contributed by atoms with E-state index in [0.29, 0.717) is 43.9 Å². The summed E-state index contributed by atoms with van der Waals surface area (Å²) in [7, 11) is 0. The van der Waals surface area contributed by atoms with Crippen LogP contribution >= 0.6 is 0 Å². The number of aliphatic hydroxyl groups is 1. The molecule has 0 spiro atoms. The lowest BCUT2D eigenvalue weighted by molar-refractivity contribution is -0.0000188. The van der Waals surface area contributed by atoms with Gasteiger partial charge >= 0.3 is 0 Å². The lowest BCUT2D eigenvalue weighted by atomic mass is 10.1. The van der Waals surface area contributed by atoms with Crippen LogP contribution in [0.3, 0.4) is 0 Å². The Hall–Kier alpha value is -2.74. The molecule has 0 aliphatic rings. The molecule has 0 radical (unpaired) electrons. The van der Waals surface area contributed by atoms with Crippen LogP contribution in [0.1, 0.15) is 45.4 Å². The molecule has 2 aromatic carbocycles. The van der Waals surface area contributed by atoms with E-state index in [1.807, 2.05) is 37.3 Å². The van der Waals surface area contributed by atoms with Crippen LogP contribution < -0.4 is 4.74 Å². The van der Waals surface area contributed by atoms with Gasteiger partial charge < -0.3 is 14.6 Å². The highest BCUT2D eigenvalue weighted by molar-refractivity contribution is 5.43. The van der Waals surface area contributed by atoms with Gasteiger partial charge in [-0.15, -0.1) is 0 Å². The summed E-state index contributed by atoms with van der Waals surface area (Å²) in [5.74, 6) is 1.22. The van der Waals surface area contributed by atoms with Gasteiger partial charge in [-0.1, -0.05) is 39.0 Å². The summed E-state index contributed by atoms with van der Waals surface area (Å²) in [5.41, 5.74) is 2.63. The third-order valence-electron chi connectivity index (χ3n) is 5.95. The first kappa shape index (κ1) is 26.9. The van der Waals surface area contributed by atoms with Crippen molar-refractivity contribution >= 4 is 0 Å². The van der Waals surface area contributed by atoms with Crippen LogP contribution in [0.4, 0.5) is 4.39 Å². The maximum Gasteiger partial charge on any atom is 0.227 e. The van der Waals surface area contributed by atoms with Crippen molar-refractivity contribution < 1.29 is 19.0 Å². The van der Waals surface area contributed by atoms with Crippen molar-refractivity contribution in [2.45, 2.75) is 59.7 Å². The minimum atomic E-state index is -0.603. The second-order valence-electron chi connectivity index (χ2n) is 9.44. The number of halogens is 1. The van der Waals surface area contributed by atoms with Crippen molar-refractivity contribution in [3.05, 3.63) is 71.7 Å². The van der Waals surface area contributed by atoms with Gasteiger partial charge in [-0.2, -0.15) is 5.10 Å². The van der Waals surface area contributed by atoms with E-state index in [4.69, 9.17) is 14.6 Å². The van der Waals surface area contributed by atoms with Crippen molar-refractivity contribution in [3.8, 4) is 17.3 Å². The van der Waals surface area contributed by atoms with Crippen molar-refractivity contribution in [1.29, 1.82) is 0 Å². The Morgan fingerprint density at radius 3 is 2.34 bits per heavy atom. The summed E-state index contributed by atoms with van der Waals surface area (Å²) in [4.78, 5) is 2.24. The van der Waals surface area contributed by atoms with Gasteiger partial charge in [0.05, 0.1) is 29.7 Å². The Morgan fingerprint density at radius 1 is 1.03 bits per heavy atom. The number of hydrogen-bond donors (Lipinski definition) is 1. The molecular formula is C28H38FN3O3. The quantitative estimate of drug-likeness (QED) is 0.336. The van der Waals surface area contributed by atoms with Crippen LogP contribution in [0, 0.1) is 18.7 Å². The van der Waals surface area contributed by atoms with Gasteiger partial charge in [-0.05, 0) is 62.6 Å². The maximum absolute atomic E-state index is 13.5. The van der Waals surface area contributed by atoms with E-state index in [9.17, 15) is 9.50 Å². The molecule has 0 amide bonds. The largest absolute Gasteiger partial charge is 0.439 e. The van der Waals surface area contributed by atoms with Gasteiger partial charge in [0, 0.05) is 25.7 Å². The fourth-order valence-corrected chi connectivity index (χ4v) is 3.81. The number of aryl methyl sites for hydroxylation is 1. The first-order valence-corrected chi connectivity index (χ1v) is 12.4. The highest BCUT2D eigenvalue weighted by atomic mass is 19.1. The molecule has 3 aromatic rings. The molecule has 0 aliphatic heterocycles. The molecule has 0 saturated carbocycles. The number of hydrogen-bond acceptors (Lipinski definition) is 5. The molecular weight excluding hydrogens is 445 g/mol. The van der Waals surface area contributed by atoms with Gasteiger partial charge in [0.1, 0.15) is 11.6 Å². The molecule has 1 aromatic heterocycles. The average molecular weight is 484 g/mol. The van der Waals surface area contributed by atoms with Crippen LogP contribution in [0.15, 0.2) is 54.6 Å². The molecule has 35 heavy (non-hydrogen) atoms. The normalized spacial score (nSPS) is 13.4. The Balaban J connectivity index is 1.91. The van der Waals surface area contributed by atoms with Crippen LogP contribution in [-0.2, 0) is 11.3 Å². The number of aromatic nitrogens is 2. The first-order valence-electron chi connectivity index (χ1n) is 12.4.